The highest BCUT2D eigenvalue weighted by Gasteiger charge is 2.32. The van der Waals surface area contributed by atoms with Crippen LogP contribution < -0.4 is 10.6 Å². The number of aromatic nitrogens is 4. The van der Waals surface area contributed by atoms with Crippen molar-refractivity contribution in [3.05, 3.63) is 80.9 Å². The van der Waals surface area contributed by atoms with Crippen LogP contribution in [0.1, 0.15) is 82.5 Å². The number of hydrogen-bond donors (Lipinski definition) is 3. The Bertz CT molecular complexity index is 2150. The van der Waals surface area contributed by atoms with Gasteiger partial charge in [-0.05, 0) is 56.6 Å². The fourth-order valence-electron chi connectivity index (χ4n) is 9.04. The first kappa shape index (κ1) is 38.6. The molecule has 1 saturated carbocycles. The average molecular weight is 804 g/mol. The van der Waals surface area contributed by atoms with Crippen molar-refractivity contribution in [2.45, 2.75) is 70.5 Å². The Balaban J connectivity index is 0.937. The smallest absolute Gasteiger partial charge is 0.306 e. The maximum absolute atomic E-state index is 13.7. The highest BCUT2D eigenvalue weighted by Crippen LogP contribution is 2.41. The van der Waals surface area contributed by atoms with Gasteiger partial charge in [-0.15, -0.1) is 0 Å². The molecule has 13 nitrogen and oxygen atoms in total. The first-order valence-corrected chi connectivity index (χ1v) is 20.4. The number of rotatable bonds is 9. The molecule has 2 amide bonds. The van der Waals surface area contributed by atoms with Crippen molar-refractivity contribution in [2.75, 3.05) is 43.5 Å². The average Bonchev–Trinajstić information content (AvgIpc) is 3.72. The monoisotopic (exact) mass is 802 g/mol. The van der Waals surface area contributed by atoms with E-state index < -0.39 is 5.97 Å². The van der Waals surface area contributed by atoms with Crippen molar-refractivity contribution in [3.8, 4) is 11.1 Å². The molecular formula is C41H48Cl2N8O5. The highest BCUT2D eigenvalue weighted by atomic mass is 35.5. The molecule has 1 saturated heterocycles. The number of nitrogens with zero attached hydrogens (tertiary/aromatic N) is 6. The number of amides is 2. The van der Waals surface area contributed by atoms with E-state index >= 15 is 0 Å². The maximum Gasteiger partial charge on any atom is 0.306 e. The van der Waals surface area contributed by atoms with E-state index in [1.54, 1.807) is 24.3 Å². The molecule has 8 rings (SSSR count). The van der Waals surface area contributed by atoms with E-state index in [9.17, 15) is 19.5 Å². The quantitative estimate of drug-likeness (QED) is 0.175. The molecule has 0 radical (unpaired) electrons. The van der Waals surface area contributed by atoms with Crippen molar-refractivity contribution in [2.24, 2.45) is 25.9 Å². The second-order valence-electron chi connectivity index (χ2n) is 15.6. The number of imidazole rings is 2. The van der Waals surface area contributed by atoms with Crippen LogP contribution in [0.15, 0.2) is 36.4 Å². The molecule has 296 valence electrons. The van der Waals surface area contributed by atoms with Crippen molar-refractivity contribution < 1.29 is 24.2 Å². The standard InChI is InChI=1S/C41H48Cl2N8O5/c1-48-33-13-17-50(21-24-9-11-25(12-10-24)41(54)55)22-31(33)44-37(48)39(52)46-29-7-3-5-27(35(29)42)28-6-4-8-30(36(28)43)47-40(53)38-45-32-23-51(18-14-34(32)49(38)2)26-15-19-56-20-16-26/h3-8,24-26H,9-23H2,1-2H3,(H,46,52)(H,47,53)(H,54,55)/t24-,25+. The summed E-state index contributed by atoms with van der Waals surface area (Å²) in [6, 6.07) is 11.2. The number of benzene rings is 2. The van der Waals surface area contributed by atoms with Gasteiger partial charge in [0.05, 0.1) is 38.7 Å². The lowest BCUT2D eigenvalue weighted by Gasteiger charge is -2.36. The molecule has 5 heterocycles. The van der Waals surface area contributed by atoms with Gasteiger partial charge in [0.2, 0.25) is 0 Å². The molecule has 3 N–H and O–H groups in total. The number of halogens is 2. The van der Waals surface area contributed by atoms with Gasteiger partial charge in [0.25, 0.3) is 11.8 Å². The van der Waals surface area contributed by atoms with Gasteiger partial charge >= 0.3 is 5.97 Å². The van der Waals surface area contributed by atoms with E-state index in [0.29, 0.717) is 69.2 Å². The molecule has 0 atom stereocenters. The Morgan fingerprint density at radius 3 is 1.86 bits per heavy atom. The minimum absolute atomic E-state index is 0.224. The molecule has 15 heteroatoms. The Kier molecular flexibility index (Phi) is 11.2. The van der Waals surface area contributed by atoms with Gasteiger partial charge in [0, 0.05) is 101 Å². The van der Waals surface area contributed by atoms with Gasteiger partial charge in [0.1, 0.15) is 0 Å². The molecule has 4 aromatic rings. The Morgan fingerprint density at radius 2 is 1.30 bits per heavy atom. The van der Waals surface area contributed by atoms with Crippen molar-refractivity contribution in [1.29, 1.82) is 0 Å². The summed E-state index contributed by atoms with van der Waals surface area (Å²) in [5.41, 5.74) is 5.95. The van der Waals surface area contributed by atoms with Crippen molar-refractivity contribution in [1.82, 2.24) is 28.9 Å². The van der Waals surface area contributed by atoms with Crippen molar-refractivity contribution in [3.63, 3.8) is 0 Å². The summed E-state index contributed by atoms with van der Waals surface area (Å²) in [4.78, 5) is 53.2. The summed E-state index contributed by atoms with van der Waals surface area (Å²) in [6.45, 7) is 5.61. The normalized spacial score (nSPS) is 20.6. The van der Waals surface area contributed by atoms with Crippen LogP contribution in [0.5, 0.6) is 0 Å². The van der Waals surface area contributed by atoms with Crippen LogP contribution >= 0.6 is 23.2 Å². The molecule has 2 aromatic heterocycles. The molecule has 2 fully saturated rings. The number of ether oxygens (including phenoxy) is 1. The first-order valence-electron chi connectivity index (χ1n) is 19.6. The summed E-state index contributed by atoms with van der Waals surface area (Å²) in [5.74, 6) is -0.534. The van der Waals surface area contributed by atoms with E-state index in [4.69, 9.17) is 37.9 Å². The predicted octanol–water partition coefficient (Wildman–Crippen LogP) is 6.42. The second kappa shape index (κ2) is 16.3. The number of carboxylic acid groups (broad SMARTS) is 1. The minimum atomic E-state index is -0.686. The molecule has 56 heavy (non-hydrogen) atoms. The number of aliphatic carboxylic acids is 1. The van der Waals surface area contributed by atoms with Crippen molar-refractivity contribution >= 4 is 52.4 Å². The number of nitrogens with one attached hydrogen (secondary N) is 2. The van der Waals surface area contributed by atoms with Crippen LogP contribution in [-0.4, -0.2) is 90.7 Å². The van der Waals surface area contributed by atoms with Gasteiger partial charge in [-0.2, -0.15) is 0 Å². The topological polar surface area (TPSA) is 147 Å². The molecule has 4 aliphatic rings. The van der Waals surface area contributed by atoms with Crippen LogP contribution in [0.2, 0.25) is 10.0 Å². The number of hydrogen-bond acceptors (Lipinski definition) is 8. The Hall–Kier alpha value is -4.27. The van der Waals surface area contributed by atoms with Gasteiger partial charge in [0.15, 0.2) is 11.6 Å². The number of fused-ring (bicyclic) bond motifs is 2. The molecular weight excluding hydrogens is 755 g/mol. The minimum Gasteiger partial charge on any atom is -0.481 e. The molecule has 0 spiro atoms. The van der Waals surface area contributed by atoms with Gasteiger partial charge in [-0.25, -0.2) is 9.97 Å². The Morgan fingerprint density at radius 1 is 0.768 bits per heavy atom. The van der Waals surface area contributed by atoms with E-state index in [0.717, 1.165) is 107 Å². The number of anilines is 2. The number of carboxylic acids is 1. The fraction of sp³-hybridized carbons (Fsp3) is 0.488. The molecule has 0 unspecified atom stereocenters. The lowest BCUT2D eigenvalue weighted by atomic mass is 9.81. The number of carbonyl (C=O) groups excluding carboxylic acids is 2. The van der Waals surface area contributed by atoms with Gasteiger partial charge in [-0.1, -0.05) is 47.5 Å². The van der Waals surface area contributed by atoms with Gasteiger partial charge in [-0.3, -0.25) is 24.2 Å². The predicted molar refractivity (Wildman–Crippen MR) is 214 cm³/mol. The van der Waals surface area contributed by atoms with E-state index in [2.05, 4.69) is 20.4 Å². The summed E-state index contributed by atoms with van der Waals surface area (Å²) < 4.78 is 9.30. The summed E-state index contributed by atoms with van der Waals surface area (Å²) in [6.07, 6.45) is 6.92. The zero-order valence-corrected chi connectivity index (χ0v) is 33.3. The first-order chi connectivity index (χ1) is 27.0. The fourth-order valence-corrected chi connectivity index (χ4v) is 9.59. The SMILES string of the molecule is Cn1c(C(=O)Nc2cccc(-c3cccc(NC(=O)c4nc5c(n4C)CCN(C4CCOCC4)C5)c3Cl)c2Cl)nc2c1CCN(C[C@H]1CC[C@@H](C(=O)O)CC1)C2. The summed E-state index contributed by atoms with van der Waals surface area (Å²) in [5, 5.41) is 15.9. The third-order valence-electron chi connectivity index (χ3n) is 12.2. The highest BCUT2D eigenvalue weighted by molar-refractivity contribution is 6.40. The lowest BCUT2D eigenvalue weighted by molar-refractivity contribution is -0.143. The van der Waals surface area contributed by atoms with E-state index in [1.807, 2.05) is 35.4 Å². The molecule has 1 aliphatic carbocycles. The molecule has 3 aliphatic heterocycles. The lowest BCUT2D eigenvalue weighted by Crippen LogP contribution is -2.42. The summed E-state index contributed by atoms with van der Waals surface area (Å²) >= 11 is 13.9. The van der Waals surface area contributed by atoms with Crippen LogP contribution in [0.25, 0.3) is 11.1 Å². The number of carbonyl (C=O) groups is 3. The van der Waals surface area contributed by atoms with Crippen LogP contribution in [0.4, 0.5) is 11.4 Å². The molecule has 2 aromatic carbocycles. The Labute approximate surface area is 336 Å². The largest absolute Gasteiger partial charge is 0.481 e. The third-order valence-corrected chi connectivity index (χ3v) is 13.0. The van der Waals surface area contributed by atoms with E-state index in [1.165, 1.54) is 0 Å². The van der Waals surface area contributed by atoms with Crippen LogP contribution in [0, 0.1) is 11.8 Å². The third kappa shape index (κ3) is 7.71. The molecule has 0 bridgehead atoms. The zero-order valence-electron chi connectivity index (χ0n) is 31.8. The van der Waals surface area contributed by atoms with E-state index in [-0.39, 0.29) is 17.7 Å². The maximum atomic E-state index is 13.7. The van der Waals surface area contributed by atoms with Gasteiger partial charge < -0.3 is 29.6 Å². The second-order valence-corrected chi connectivity index (χ2v) is 16.4. The van der Waals surface area contributed by atoms with Crippen LogP contribution in [0.3, 0.4) is 0 Å². The zero-order chi connectivity index (χ0) is 39.1. The summed E-state index contributed by atoms with van der Waals surface area (Å²) in [7, 11) is 3.75. The van der Waals surface area contributed by atoms with Crippen LogP contribution in [-0.2, 0) is 49.6 Å².